The number of benzene rings is 2. The third-order valence-electron chi connectivity index (χ3n) is 7.87. The summed E-state index contributed by atoms with van der Waals surface area (Å²) in [4.78, 5) is 30.3. The summed E-state index contributed by atoms with van der Waals surface area (Å²) in [5.74, 6) is -0.469. The highest BCUT2D eigenvalue weighted by molar-refractivity contribution is 7.89. The van der Waals surface area contributed by atoms with Gasteiger partial charge >= 0.3 is 0 Å². The Kier molecular flexibility index (Phi) is 10.6. The van der Waals surface area contributed by atoms with Crippen molar-refractivity contribution < 1.29 is 32.6 Å². The van der Waals surface area contributed by atoms with Gasteiger partial charge in [-0.05, 0) is 44.2 Å². The Hall–Kier alpha value is -3.03. The first-order valence-corrected chi connectivity index (χ1v) is 15.8. The van der Waals surface area contributed by atoms with Crippen molar-refractivity contribution in [2.75, 3.05) is 64.9 Å². The molecule has 230 valence electrons. The smallest absolute Gasteiger partial charge is 0.258 e. The maximum Gasteiger partial charge on any atom is 0.258 e. The molecule has 2 amide bonds. The summed E-state index contributed by atoms with van der Waals surface area (Å²) < 4.78 is 39.6. The van der Waals surface area contributed by atoms with Gasteiger partial charge in [0, 0.05) is 51.3 Å². The molecule has 1 fully saturated rings. The van der Waals surface area contributed by atoms with Crippen LogP contribution in [-0.2, 0) is 19.6 Å². The molecule has 2 aliphatic rings. The van der Waals surface area contributed by atoms with Crippen LogP contribution < -0.4 is 10.1 Å². The molecule has 1 saturated heterocycles. The fourth-order valence-electron chi connectivity index (χ4n) is 5.07. The van der Waals surface area contributed by atoms with Gasteiger partial charge in [0.15, 0.2) is 0 Å². The molecule has 12 heteroatoms. The first kappa shape index (κ1) is 31.9. The summed E-state index contributed by atoms with van der Waals surface area (Å²) in [5.41, 5.74) is 1.65. The lowest BCUT2D eigenvalue weighted by Crippen LogP contribution is -2.50. The van der Waals surface area contributed by atoms with Crippen LogP contribution in [0.25, 0.3) is 0 Å². The van der Waals surface area contributed by atoms with Crippen molar-refractivity contribution in [2.24, 2.45) is 5.92 Å². The van der Waals surface area contributed by atoms with E-state index >= 15 is 0 Å². The Morgan fingerprint density at radius 2 is 1.86 bits per heavy atom. The van der Waals surface area contributed by atoms with Gasteiger partial charge in [-0.1, -0.05) is 24.6 Å². The molecular formula is C30H42N4O7S. The molecule has 4 rings (SSSR count). The number of morpholine rings is 1. The molecule has 2 aromatic carbocycles. The summed E-state index contributed by atoms with van der Waals surface area (Å²) in [6.45, 7) is 9.12. The Morgan fingerprint density at radius 3 is 2.52 bits per heavy atom. The standard InChI is InChI=1S/C30H42N4O7S/c1-21-5-8-25(9-6-21)42(38,39)32(4)19-28-22(2)18-34(23(3)20-35)30(37)26-17-24(7-10-27(26)41-28)31-29(36)11-12-33-13-15-40-16-14-33/h5-10,17,22-23,28,35H,11-16,18-20H2,1-4H3,(H,31,36)/t22-,23+,28+/m0/s1. The second kappa shape index (κ2) is 14.0. The van der Waals surface area contributed by atoms with E-state index in [0.29, 0.717) is 37.6 Å². The zero-order chi connectivity index (χ0) is 30.4. The van der Waals surface area contributed by atoms with Crippen LogP contribution in [0.2, 0.25) is 0 Å². The second-order valence-electron chi connectivity index (χ2n) is 11.2. The number of nitrogens with zero attached hydrogens (tertiary/aromatic N) is 3. The quantitative estimate of drug-likeness (QED) is 0.424. The van der Waals surface area contributed by atoms with Crippen LogP contribution in [0.15, 0.2) is 47.4 Å². The van der Waals surface area contributed by atoms with Gasteiger partial charge < -0.3 is 24.8 Å². The molecule has 0 unspecified atom stereocenters. The Labute approximate surface area is 248 Å². The maximum atomic E-state index is 13.7. The largest absolute Gasteiger partial charge is 0.488 e. The lowest BCUT2D eigenvalue weighted by atomic mass is 9.99. The summed E-state index contributed by atoms with van der Waals surface area (Å²) in [6.07, 6.45) is -0.291. The van der Waals surface area contributed by atoms with Crippen LogP contribution in [0.3, 0.4) is 0 Å². The first-order valence-electron chi connectivity index (χ1n) is 14.3. The number of aryl methyl sites for hydroxylation is 1. The van der Waals surface area contributed by atoms with E-state index in [1.54, 1.807) is 54.3 Å². The van der Waals surface area contributed by atoms with Crippen molar-refractivity contribution in [3.8, 4) is 5.75 Å². The fourth-order valence-corrected chi connectivity index (χ4v) is 6.25. The molecule has 11 nitrogen and oxygen atoms in total. The molecule has 3 atom stereocenters. The summed E-state index contributed by atoms with van der Waals surface area (Å²) >= 11 is 0. The van der Waals surface area contributed by atoms with E-state index in [-0.39, 0.29) is 47.9 Å². The number of sulfonamides is 1. The number of nitrogens with one attached hydrogen (secondary N) is 1. The Balaban J connectivity index is 1.55. The molecular weight excluding hydrogens is 560 g/mol. The molecule has 2 aromatic rings. The number of hydrogen-bond acceptors (Lipinski definition) is 8. The van der Waals surface area contributed by atoms with Gasteiger partial charge in [0.05, 0.1) is 42.9 Å². The van der Waals surface area contributed by atoms with Crippen LogP contribution in [0, 0.1) is 12.8 Å². The van der Waals surface area contributed by atoms with Crippen molar-refractivity contribution in [1.29, 1.82) is 0 Å². The second-order valence-corrected chi connectivity index (χ2v) is 13.2. The predicted octanol–water partition coefficient (Wildman–Crippen LogP) is 2.20. The zero-order valence-corrected chi connectivity index (χ0v) is 25.6. The van der Waals surface area contributed by atoms with Gasteiger partial charge in [0.1, 0.15) is 11.9 Å². The van der Waals surface area contributed by atoms with Crippen molar-refractivity contribution in [3.05, 3.63) is 53.6 Å². The lowest BCUT2D eigenvalue weighted by molar-refractivity contribution is -0.116. The number of fused-ring (bicyclic) bond motifs is 1. The summed E-state index contributed by atoms with van der Waals surface area (Å²) in [6, 6.07) is 11.1. The average molecular weight is 603 g/mol. The number of anilines is 1. The summed E-state index contributed by atoms with van der Waals surface area (Å²) in [5, 5.41) is 12.8. The molecule has 2 N–H and O–H groups in total. The third-order valence-corrected chi connectivity index (χ3v) is 9.71. The average Bonchev–Trinajstić information content (AvgIpc) is 2.98. The van der Waals surface area contributed by atoms with E-state index in [4.69, 9.17) is 9.47 Å². The molecule has 0 spiro atoms. The molecule has 2 heterocycles. The monoisotopic (exact) mass is 602 g/mol. The van der Waals surface area contributed by atoms with E-state index in [2.05, 4.69) is 10.2 Å². The fraction of sp³-hybridized carbons (Fsp3) is 0.533. The number of carbonyl (C=O) groups is 2. The normalized spacial score (nSPS) is 20.8. The van der Waals surface area contributed by atoms with Gasteiger partial charge in [-0.3, -0.25) is 14.5 Å². The SMILES string of the molecule is Cc1ccc(S(=O)(=O)N(C)C[C@H]2Oc3ccc(NC(=O)CCN4CCOCC4)cc3C(=O)N([C@H](C)CO)C[C@@H]2C)cc1. The van der Waals surface area contributed by atoms with E-state index in [1.807, 2.05) is 13.8 Å². The Morgan fingerprint density at radius 1 is 1.17 bits per heavy atom. The number of amides is 2. The number of hydrogen-bond donors (Lipinski definition) is 2. The lowest BCUT2D eigenvalue weighted by Gasteiger charge is -2.38. The van der Waals surface area contributed by atoms with Crippen LogP contribution in [-0.4, -0.2) is 111 Å². The van der Waals surface area contributed by atoms with E-state index < -0.39 is 22.2 Å². The molecule has 0 aromatic heterocycles. The first-order chi connectivity index (χ1) is 20.0. The highest BCUT2D eigenvalue weighted by atomic mass is 32.2. The topological polar surface area (TPSA) is 129 Å². The summed E-state index contributed by atoms with van der Waals surface area (Å²) in [7, 11) is -2.27. The molecule has 0 bridgehead atoms. The van der Waals surface area contributed by atoms with Crippen LogP contribution in [0.1, 0.15) is 36.2 Å². The number of aliphatic hydroxyl groups excluding tert-OH is 1. The number of likely N-dealkylation sites (N-methyl/N-ethyl adjacent to an activating group) is 1. The minimum Gasteiger partial charge on any atom is -0.488 e. The van der Waals surface area contributed by atoms with Crippen LogP contribution >= 0.6 is 0 Å². The molecule has 0 radical (unpaired) electrons. The maximum absolute atomic E-state index is 13.7. The third kappa shape index (κ3) is 7.67. The molecule has 2 aliphatic heterocycles. The minimum atomic E-state index is -3.78. The van der Waals surface area contributed by atoms with E-state index in [9.17, 15) is 23.1 Å². The van der Waals surface area contributed by atoms with Gasteiger partial charge in [-0.2, -0.15) is 4.31 Å². The van der Waals surface area contributed by atoms with E-state index in [0.717, 1.165) is 18.7 Å². The van der Waals surface area contributed by atoms with Crippen molar-refractivity contribution in [1.82, 2.24) is 14.1 Å². The molecule has 42 heavy (non-hydrogen) atoms. The molecule has 0 saturated carbocycles. The van der Waals surface area contributed by atoms with Crippen molar-refractivity contribution in [3.63, 3.8) is 0 Å². The van der Waals surface area contributed by atoms with Crippen LogP contribution in [0.5, 0.6) is 5.75 Å². The zero-order valence-electron chi connectivity index (χ0n) is 24.8. The number of aliphatic hydroxyl groups is 1. The van der Waals surface area contributed by atoms with E-state index in [1.165, 1.54) is 11.4 Å². The van der Waals surface area contributed by atoms with Gasteiger partial charge in [-0.25, -0.2) is 8.42 Å². The van der Waals surface area contributed by atoms with Crippen molar-refractivity contribution >= 4 is 27.5 Å². The van der Waals surface area contributed by atoms with Gasteiger partial charge in [0.2, 0.25) is 15.9 Å². The number of rotatable bonds is 10. The number of carbonyl (C=O) groups excluding carboxylic acids is 2. The van der Waals surface area contributed by atoms with Crippen LogP contribution in [0.4, 0.5) is 5.69 Å². The highest BCUT2D eigenvalue weighted by Crippen LogP contribution is 2.31. The van der Waals surface area contributed by atoms with Gasteiger partial charge in [0.25, 0.3) is 5.91 Å². The number of ether oxygens (including phenoxy) is 2. The van der Waals surface area contributed by atoms with Crippen molar-refractivity contribution in [2.45, 2.75) is 44.2 Å². The minimum absolute atomic E-state index is 0.0480. The molecule has 0 aliphatic carbocycles. The van der Waals surface area contributed by atoms with Gasteiger partial charge in [-0.15, -0.1) is 0 Å². The predicted molar refractivity (Wildman–Crippen MR) is 159 cm³/mol. The Bertz CT molecular complexity index is 1350. The highest BCUT2D eigenvalue weighted by Gasteiger charge is 2.35.